The first-order chi connectivity index (χ1) is 14.0. The summed E-state index contributed by atoms with van der Waals surface area (Å²) in [5.74, 6) is 1.09. The molecule has 1 N–H and O–H groups in total. The minimum absolute atomic E-state index is 0.00729. The summed E-state index contributed by atoms with van der Waals surface area (Å²) in [4.78, 5) is 22.9. The first kappa shape index (κ1) is 18.5. The molecule has 0 bridgehead atoms. The topological polar surface area (TPSA) is 109 Å². The molecule has 3 aromatic rings. The average molecular weight is 394 g/mol. The molecule has 0 spiro atoms. The minimum Gasteiger partial charge on any atom is -0.486 e. The van der Waals surface area contributed by atoms with Crippen molar-refractivity contribution in [3.05, 3.63) is 76.1 Å². The maximum atomic E-state index is 12.6. The molecule has 29 heavy (non-hydrogen) atoms. The third-order valence-electron chi connectivity index (χ3n) is 4.58. The van der Waals surface area contributed by atoms with Crippen LogP contribution in [-0.2, 0) is 0 Å². The number of benzene rings is 2. The van der Waals surface area contributed by atoms with Gasteiger partial charge >= 0.3 is 0 Å². The molecule has 1 aromatic heterocycles. The van der Waals surface area contributed by atoms with E-state index in [1.165, 1.54) is 23.0 Å². The molecule has 1 atom stereocenters. The molecule has 1 aliphatic rings. The van der Waals surface area contributed by atoms with Crippen LogP contribution in [0.15, 0.2) is 54.9 Å². The van der Waals surface area contributed by atoms with Crippen molar-refractivity contribution in [3.63, 3.8) is 0 Å². The number of aromatic nitrogens is 2. The van der Waals surface area contributed by atoms with E-state index >= 15 is 0 Å². The highest BCUT2D eigenvalue weighted by Crippen LogP contribution is 2.32. The lowest BCUT2D eigenvalue weighted by molar-refractivity contribution is -0.384. The molecule has 148 valence electrons. The Bertz CT molecular complexity index is 1060. The smallest absolute Gasteiger partial charge is 0.269 e. The highest BCUT2D eigenvalue weighted by atomic mass is 16.6. The maximum Gasteiger partial charge on any atom is 0.269 e. The van der Waals surface area contributed by atoms with Crippen LogP contribution in [0.5, 0.6) is 11.5 Å². The third-order valence-corrected chi connectivity index (χ3v) is 4.58. The highest BCUT2D eigenvalue weighted by molar-refractivity contribution is 5.94. The Morgan fingerprint density at radius 3 is 2.62 bits per heavy atom. The summed E-state index contributed by atoms with van der Waals surface area (Å²) < 4.78 is 12.6. The number of hydrogen-bond donors (Lipinski definition) is 1. The standard InChI is InChI=1S/C20H18N4O5/c1-13(14-2-7-18-19(10-14)29-9-8-28-18)22-20(25)15-11-21-23(12-15)16-3-5-17(6-4-16)24(26)27/h2-7,10-13H,8-9H2,1H3,(H,22,25). The van der Waals surface area contributed by atoms with Gasteiger partial charge in [-0.05, 0) is 36.8 Å². The number of ether oxygens (including phenoxy) is 2. The van der Waals surface area contributed by atoms with E-state index in [0.717, 1.165) is 5.56 Å². The van der Waals surface area contributed by atoms with E-state index in [9.17, 15) is 14.9 Å². The van der Waals surface area contributed by atoms with Crippen molar-refractivity contribution in [1.82, 2.24) is 15.1 Å². The molecule has 0 fully saturated rings. The van der Waals surface area contributed by atoms with Crippen molar-refractivity contribution in [2.75, 3.05) is 13.2 Å². The van der Waals surface area contributed by atoms with Gasteiger partial charge in [0.2, 0.25) is 0 Å². The molecule has 9 heteroatoms. The van der Waals surface area contributed by atoms with Gasteiger partial charge in [0.1, 0.15) is 13.2 Å². The first-order valence-corrected chi connectivity index (χ1v) is 9.01. The number of nitro groups is 1. The van der Waals surface area contributed by atoms with Crippen molar-refractivity contribution in [1.29, 1.82) is 0 Å². The summed E-state index contributed by atoms with van der Waals surface area (Å²) in [7, 11) is 0. The molecule has 0 saturated heterocycles. The fraction of sp³-hybridized carbons (Fsp3) is 0.200. The van der Waals surface area contributed by atoms with E-state index in [0.29, 0.717) is 36.0 Å². The fourth-order valence-electron chi connectivity index (χ4n) is 3.00. The molecule has 0 radical (unpaired) electrons. The van der Waals surface area contributed by atoms with Crippen LogP contribution < -0.4 is 14.8 Å². The van der Waals surface area contributed by atoms with Crippen LogP contribution in [0, 0.1) is 10.1 Å². The second-order valence-corrected chi connectivity index (χ2v) is 6.55. The van der Waals surface area contributed by atoms with Gasteiger partial charge in [-0.25, -0.2) is 4.68 Å². The van der Waals surface area contributed by atoms with E-state index in [-0.39, 0.29) is 17.6 Å². The molecule has 1 aliphatic heterocycles. The number of non-ortho nitro benzene ring substituents is 1. The summed E-state index contributed by atoms with van der Waals surface area (Å²) in [5, 5.41) is 17.9. The molecule has 1 amide bonds. The van der Waals surface area contributed by atoms with Gasteiger partial charge < -0.3 is 14.8 Å². The molecular formula is C20H18N4O5. The lowest BCUT2D eigenvalue weighted by atomic mass is 10.1. The molecule has 0 saturated carbocycles. The molecule has 0 aliphatic carbocycles. The summed E-state index contributed by atoms with van der Waals surface area (Å²) in [6.45, 7) is 2.90. The number of nitrogens with one attached hydrogen (secondary N) is 1. The monoisotopic (exact) mass is 394 g/mol. The van der Waals surface area contributed by atoms with E-state index in [1.54, 1.807) is 18.3 Å². The average Bonchev–Trinajstić information content (AvgIpc) is 3.24. The zero-order valence-electron chi connectivity index (χ0n) is 15.6. The van der Waals surface area contributed by atoms with Crippen molar-refractivity contribution < 1.29 is 19.2 Å². The van der Waals surface area contributed by atoms with E-state index in [2.05, 4.69) is 10.4 Å². The zero-order chi connectivity index (χ0) is 20.4. The Labute approximate surface area is 166 Å². The summed E-state index contributed by atoms with van der Waals surface area (Å²) >= 11 is 0. The van der Waals surface area contributed by atoms with Gasteiger partial charge in [0.25, 0.3) is 11.6 Å². The van der Waals surface area contributed by atoms with Gasteiger partial charge in [0, 0.05) is 18.3 Å². The van der Waals surface area contributed by atoms with Crippen LogP contribution in [0.1, 0.15) is 28.9 Å². The van der Waals surface area contributed by atoms with Gasteiger partial charge in [-0.15, -0.1) is 0 Å². The SMILES string of the molecule is CC(NC(=O)c1cnn(-c2ccc([N+](=O)[O-])cc2)c1)c1ccc2c(c1)OCCO2. The molecule has 2 aromatic carbocycles. The van der Waals surface area contributed by atoms with E-state index in [1.807, 2.05) is 25.1 Å². The van der Waals surface area contributed by atoms with Gasteiger partial charge in [-0.2, -0.15) is 5.10 Å². The number of fused-ring (bicyclic) bond motifs is 1. The highest BCUT2D eigenvalue weighted by Gasteiger charge is 2.17. The number of nitrogens with zero attached hydrogens (tertiary/aromatic N) is 3. The Hall–Kier alpha value is -3.88. The quantitative estimate of drug-likeness (QED) is 0.526. The van der Waals surface area contributed by atoms with Crippen LogP contribution in [0.4, 0.5) is 5.69 Å². The fourth-order valence-corrected chi connectivity index (χ4v) is 3.00. The van der Waals surface area contributed by atoms with Crippen molar-refractivity contribution >= 4 is 11.6 Å². The Kier molecular flexibility index (Phi) is 4.86. The maximum absolute atomic E-state index is 12.6. The largest absolute Gasteiger partial charge is 0.486 e. The van der Waals surface area contributed by atoms with Crippen LogP contribution in [0.25, 0.3) is 5.69 Å². The number of amides is 1. The predicted octanol–water partition coefficient (Wildman–Crippen LogP) is 3.04. The zero-order valence-corrected chi connectivity index (χ0v) is 15.6. The lowest BCUT2D eigenvalue weighted by Gasteiger charge is -2.21. The minimum atomic E-state index is -0.467. The summed E-state index contributed by atoms with van der Waals surface area (Å²) in [5.41, 5.74) is 1.89. The van der Waals surface area contributed by atoms with Crippen LogP contribution >= 0.6 is 0 Å². The van der Waals surface area contributed by atoms with Gasteiger partial charge in [-0.1, -0.05) is 6.07 Å². The van der Waals surface area contributed by atoms with Crippen LogP contribution in [0.3, 0.4) is 0 Å². The summed E-state index contributed by atoms with van der Waals surface area (Å²) in [6.07, 6.45) is 3.03. The third kappa shape index (κ3) is 3.88. The molecule has 4 rings (SSSR count). The normalized spacial score (nSPS) is 13.6. The van der Waals surface area contributed by atoms with Crippen LogP contribution in [-0.4, -0.2) is 33.8 Å². The number of hydrogen-bond acceptors (Lipinski definition) is 6. The number of rotatable bonds is 5. The first-order valence-electron chi connectivity index (χ1n) is 9.01. The van der Waals surface area contributed by atoms with Crippen LogP contribution in [0.2, 0.25) is 0 Å². The summed E-state index contributed by atoms with van der Waals surface area (Å²) in [6, 6.07) is 11.3. The molecule has 9 nitrogen and oxygen atoms in total. The van der Waals surface area contributed by atoms with E-state index in [4.69, 9.17) is 9.47 Å². The van der Waals surface area contributed by atoms with Crippen molar-refractivity contribution in [2.45, 2.75) is 13.0 Å². The Morgan fingerprint density at radius 1 is 1.17 bits per heavy atom. The van der Waals surface area contributed by atoms with E-state index < -0.39 is 4.92 Å². The Morgan fingerprint density at radius 2 is 1.90 bits per heavy atom. The lowest BCUT2D eigenvalue weighted by Crippen LogP contribution is -2.26. The molecule has 2 heterocycles. The second kappa shape index (κ2) is 7.63. The second-order valence-electron chi connectivity index (χ2n) is 6.55. The number of carbonyl (C=O) groups excluding carboxylic acids is 1. The van der Waals surface area contributed by atoms with Gasteiger partial charge in [0.15, 0.2) is 11.5 Å². The van der Waals surface area contributed by atoms with Crippen molar-refractivity contribution in [3.8, 4) is 17.2 Å². The predicted molar refractivity (Wildman–Crippen MR) is 104 cm³/mol. The number of carbonyl (C=O) groups is 1. The Balaban J connectivity index is 1.45. The van der Waals surface area contributed by atoms with Gasteiger partial charge in [0.05, 0.1) is 28.4 Å². The van der Waals surface area contributed by atoms with Gasteiger partial charge in [-0.3, -0.25) is 14.9 Å². The van der Waals surface area contributed by atoms with Crippen molar-refractivity contribution in [2.24, 2.45) is 0 Å². The number of nitro benzene ring substituents is 1. The molecular weight excluding hydrogens is 376 g/mol. The molecule has 1 unspecified atom stereocenters.